The van der Waals surface area contributed by atoms with Gasteiger partial charge in [-0.15, -0.1) is 11.3 Å². The minimum absolute atomic E-state index is 0.167. The van der Waals surface area contributed by atoms with Crippen molar-refractivity contribution in [1.29, 1.82) is 0 Å². The zero-order valence-electron chi connectivity index (χ0n) is 12.2. The van der Waals surface area contributed by atoms with E-state index in [0.29, 0.717) is 0 Å². The molecule has 1 fully saturated rings. The molecule has 0 bridgehead atoms. The minimum atomic E-state index is 0.167. The molecule has 1 saturated heterocycles. The Hall–Kier alpha value is -1.88. The van der Waals surface area contributed by atoms with Crippen LogP contribution in [-0.4, -0.2) is 42.0 Å². The van der Waals surface area contributed by atoms with E-state index in [9.17, 15) is 4.79 Å². The van der Waals surface area contributed by atoms with Gasteiger partial charge in [0.05, 0.1) is 4.88 Å². The fourth-order valence-corrected chi connectivity index (χ4v) is 3.43. The van der Waals surface area contributed by atoms with Gasteiger partial charge in [0.1, 0.15) is 5.82 Å². The monoisotopic (exact) mass is 301 g/mol. The number of pyridine rings is 1. The van der Waals surface area contributed by atoms with Gasteiger partial charge in [-0.25, -0.2) is 4.98 Å². The van der Waals surface area contributed by atoms with Gasteiger partial charge in [-0.3, -0.25) is 4.79 Å². The number of aromatic nitrogens is 1. The maximum Gasteiger partial charge on any atom is 0.264 e. The first-order valence-electron chi connectivity index (χ1n) is 7.32. The van der Waals surface area contributed by atoms with Crippen LogP contribution in [0.25, 0.3) is 0 Å². The van der Waals surface area contributed by atoms with Crippen LogP contribution >= 0.6 is 11.3 Å². The average molecular weight is 301 g/mol. The Bertz CT molecular complexity index is 603. The van der Waals surface area contributed by atoms with Crippen LogP contribution in [0.2, 0.25) is 0 Å². The summed E-state index contributed by atoms with van der Waals surface area (Å²) in [5.41, 5.74) is 0. The fourth-order valence-electron chi connectivity index (χ4n) is 2.52. The fraction of sp³-hybridized carbons (Fsp3) is 0.375. The lowest BCUT2D eigenvalue weighted by atomic mass is 10.2. The van der Waals surface area contributed by atoms with E-state index < -0.39 is 0 Å². The number of carbonyl (C=O) groups excluding carboxylic acids is 1. The second-order valence-electron chi connectivity index (χ2n) is 5.09. The molecule has 0 unspecified atom stereocenters. The maximum atomic E-state index is 12.5. The predicted octanol–water partition coefficient (Wildman–Crippen LogP) is 2.67. The van der Waals surface area contributed by atoms with E-state index in [0.717, 1.165) is 43.3 Å². The Morgan fingerprint density at radius 3 is 2.62 bits per heavy atom. The SMILES string of the molecule is CCc1ccc(C(=O)N2CCN(c3ccccn3)CC2)s1. The largest absolute Gasteiger partial charge is 0.353 e. The molecule has 0 spiro atoms. The highest BCUT2D eigenvalue weighted by atomic mass is 32.1. The number of hydrogen-bond donors (Lipinski definition) is 0. The second kappa shape index (κ2) is 6.26. The first kappa shape index (κ1) is 14.1. The number of carbonyl (C=O) groups is 1. The minimum Gasteiger partial charge on any atom is -0.353 e. The molecule has 3 rings (SSSR count). The van der Waals surface area contributed by atoms with Gasteiger partial charge in [0, 0.05) is 37.3 Å². The average Bonchev–Trinajstić information content (AvgIpc) is 3.04. The third kappa shape index (κ3) is 3.08. The van der Waals surface area contributed by atoms with Crippen molar-refractivity contribution in [1.82, 2.24) is 9.88 Å². The van der Waals surface area contributed by atoms with E-state index in [1.165, 1.54) is 4.88 Å². The molecule has 0 aliphatic carbocycles. The van der Waals surface area contributed by atoms with Crippen LogP contribution in [0.3, 0.4) is 0 Å². The summed E-state index contributed by atoms with van der Waals surface area (Å²) >= 11 is 1.61. The van der Waals surface area contributed by atoms with Crippen molar-refractivity contribution in [3.8, 4) is 0 Å². The molecule has 0 saturated carbocycles. The molecule has 0 radical (unpaired) electrons. The highest BCUT2D eigenvalue weighted by Gasteiger charge is 2.23. The van der Waals surface area contributed by atoms with Crippen LogP contribution in [0.4, 0.5) is 5.82 Å². The van der Waals surface area contributed by atoms with Gasteiger partial charge in [-0.2, -0.15) is 0 Å². The molecule has 5 heteroatoms. The number of thiophene rings is 1. The zero-order valence-corrected chi connectivity index (χ0v) is 13.0. The van der Waals surface area contributed by atoms with E-state index >= 15 is 0 Å². The van der Waals surface area contributed by atoms with Gasteiger partial charge in [0.2, 0.25) is 0 Å². The number of amides is 1. The highest BCUT2D eigenvalue weighted by molar-refractivity contribution is 7.14. The van der Waals surface area contributed by atoms with Crippen molar-refractivity contribution >= 4 is 23.1 Å². The smallest absolute Gasteiger partial charge is 0.264 e. The van der Waals surface area contributed by atoms with Crippen molar-refractivity contribution in [2.45, 2.75) is 13.3 Å². The first-order valence-corrected chi connectivity index (χ1v) is 8.13. The molecule has 1 aliphatic rings. The number of aryl methyl sites for hydroxylation is 1. The number of nitrogens with zero attached hydrogens (tertiary/aromatic N) is 3. The number of anilines is 1. The highest BCUT2D eigenvalue weighted by Crippen LogP contribution is 2.20. The summed E-state index contributed by atoms with van der Waals surface area (Å²) in [5.74, 6) is 1.16. The Kier molecular flexibility index (Phi) is 4.20. The van der Waals surface area contributed by atoms with Crippen molar-refractivity contribution < 1.29 is 4.79 Å². The summed E-state index contributed by atoms with van der Waals surface area (Å²) in [6.45, 7) is 5.32. The Morgan fingerprint density at radius 2 is 2.00 bits per heavy atom. The Morgan fingerprint density at radius 1 is 1.19 bits per heavy atom. The van der Waals surface area contributed by atoms with E-state index in [-0.39, 0.29) is 5.91 Å². The number of piperazine rings is 1. The van der Waals surface area contributed by atoms with E-state index in [1.807, 2.05) is 35.4 Å². The molecule has 1 aliphatic heterocycles. The molecule has 0 N–H and O–H groups in total. The van der Waals surface area contributed by atoms with Gasteiger partial charge < -0.3 is 9.80 Å². The third-order valence-electron chi connectivity index (χ3n) is 3.76. The van der Waals surface area contributed by atoms with Gasteiger partial charge in [-0.05, 0) is 30.7 Å². The van der Waals surface area contributed by atoms with Crippen LogP contribution in [0.5, 0.6) is 0 Å². The lowest BCUT2D eigenvalue weighted by molar-refractivity contribution is 0.0751. The summed E-state index contributed by atoms with van der Waals surface area (Å²) in [4.78, 5) is 23.2. The standard InChI is InChI=1S/C16H19N3OS/c1-2-13-6-7-14(21-13)16(20)19-11-9-18(10-12-19)15-5-3-4-8-17-15/h3-8H,2,9-12H2,1H3. The number of hydrogen-bond acceptors (Lipinski definition) is 4. The van der Waals surface area contributed by atoms with Gasteiger partial charge >= 0.3 is 0 Å². The molecule has 0 atom stereocenters. The van der Waals surface area contributed by atoms with Crippen LogP contribution in [0.15, 0.2) is 36.5 Å². The molecule has 21 heavy (non-hydrogen) atoms. The second-order valence-corrected chi connectivity index (χ2v) is 6.26. The summed E-state index contributed by atoms with van der Waals surface area (Å²) < 4.78 is 0. The normalized spacial score (nSPS) is 15.3. The van der Waals surface area contributed by atoms with Crippen molar-refractivity contribution in [2.24, 2.45) is 0 Å². The van der Waals surface area contributed by atoms with Crippen LogP contribution in [0, 0.1) is 0 Å². The van der Waals surface area contributed by atoms with Crippen molar-refractivity contribution in [2.75, 3.05) is 31.1 Å². The zero-order chi connectivity index (χ0) is 14.7. The van der Waals surface area contributed by atoms with Gasteiger partial charge in [-0.1, -0.05) is 13.0 Å². The van der Waals surface area contributed by atoms with E-state index in [2.05, 4.69) is 22.9 Å². The van der Waals surface area contributed by atoms with E-state index in [4.69, 9.17) is 0 Å². The van der Waals surface area contributed by atoms with Crippen LogP contribution in [0.1, 0.15) is 21.5 Å². The molecular formula is C16H19N3OS. The van der Waals surface area contributed by atoms with Crippen LogP contribution in [-0.2, 0) is 6.42 Å². The van der Waals surface area contributed by atoms with E-state index in [1.54, 1.807) is 11.3 Å². The summed E-state index contributed by atoms with van der Waals surface area (Å²) in [7, 11) is 0. The Balaban J connectivity index is 1.61. The molecule has 4 nitrogen and oxygen atoms in total. The van der Waals surface area contributed by atoms with Crippen molar-refractivity contribution in [3.63, 3.8) is 0 Å². The van der Waals surface area contributed by atoms with Gasteiger partial charge in [0.25, 0.3) is 5.91 Å². The lowest BCUT2D eigenvalue weighted by Gasteiger charge is -2.35. The van der Waals surface area contributed by atoms with Crippen molar-refractivity contribution in [3.05, 3.63) is 46.3 Å². The molecule has 110 valence electrons. The lowest BCUT2D eigenvalue weighted by Crippen LogP contribution is -2.48. The summed E-state index contributed by atoms with van der Waals surface area (Å²) in [6.07, 6.45) is 2.80. The molecular weight excluding hydrogens is 282 g/mol. The topological polar surface area (TPSA) is 36.4 Å². The molecule has 2 aromatic rings. The van der Waals surface area contributed by atoms with Crippen LogP contribution < -0.4 is 4.90 Å². The summed E-state index contributed by atoms with van der Waals surface area (Å²) in [5, 5.41) is 0. The third-order valence-corrected chi connectivity index (χ3v) is 4.98. The number of rotatable bonds is 3. The quantitative estimate of drug-likeness (QED) is 0.874. The maximum absolute atomic E-state index is 12.5. The van der Waals surface area contributed by atoms with Gasteiger partial charge in [0.15, 0.2) is 0 Å². The first-order chi connectivity index (χ1) is 10.3. The summed E-state index contributed by atoms with van der Waals surface area (Å²) in [6, 6.07) is 9.95. The molecule has 1 amide bonds. The molecule has 2 aromatic heterocycles. The predicted molar refractivity (Wildman–Crippen MR) is 86.1 cm³/mol. The Labute approximate surface area is 129 Å². The molecule has 3 heterocycles. The molecule has 0 aromatic carbocycles.